The molecule has 0 unspecified atom stereocenters. The highest BCUT2D eigenvalue weighted by molar-refractivity contribution is 6.25. The molecule has 0 amide bonds. The zero-order valence-electron chi connectivity index (χ0n) is 30.9. The average Bonchev–Trinajstić information content (AvgIpc) is 3.63. The average molecular weight is 724 g/mol. The molecule has 10 aromatic carbocycles. The number of fused-ring (bicyclic) bond motifs is 12. The molecule has 3 heteroatoms. The van der Waals surface area contributed by atoms with Crippen LogP contribution in [0.5, 0.6) is 0 Å². The minimum Gasteiger partial charge on any atom is -0.278 e. The largest absolute Gasteiger partial charge is 0.278 e. The van der Waals surface area contributed by atoms with Crippen LogP contribution in [-0.2, 0) is 0 Å². The third-order valence-electron chi connectivity index (χ3n) is 11.8. The summed E-state index contributed by atoms with van der Waals surface area (Å²) in [4.78, 5) is 10.8. The van der Waals surface area contributed by atoms with Gasteiger partial charge in [-0.05, 0) is 95.3 Å². The third kappa shape index (κ3) is 4.92. The summed E-state index contributed by atoms with van der Waals surface area (Å²) < 4.78 is 2.22. The Kier molecular flexibility index (Phi) is 6.93. The lowest BCUT2D eigenvalue weighted by atomic mass is 9.92. The Morgan fingerprint density at radius 1 is 0.281 bits per heavy atom. The predicted octanol–water partition coefficient (Wildman–Crippen LogP) is 14.3. The molecule has 0 aliphatic rings. The molecule has 0 atom stereocenters. The number of para-hydroxylation sites is 2. The summed E-state index contributed by atoms with van der Waals surface area (Å²) in [6.45, 7) is 0. The van der Waals surface area contributed by atoms with Crippen LogP contribution in [0.15, 0.2) is 200 Å². The first-order chi connectivity index (χ1) is 28.3. The summed E-state index contributed by atoms with van der Waals surface area (Å²) in [7, 11) is 0. The molecule has 0 saturated carbocycles. The predicted molar refractivity (Wildman–Crippen MR) is 240 cm³/mol. The number of benzene rings is 10. The molecular weight excluding hydrogens is 691 g/mol. The molecule has 12 aromatic rings. The minimum atomic E-state index is 0.646. The maximum absolute atomic E-state index is 5.40. The molecule has 3 nitrogen and oxygen atoms in total. The zero-order chi connectivity index (χ0) is 37.5. The topological polar surface area (TPSA) is 30.7 Å². The van der Waals surface area contributed by atoms with E-state index in [1.807, 2.05) is 0 Å². The lowest BCUT2D eigenvalue weighted by molar-refractivity contribution is 0.996. The van der Waals surface area contributed by atoms with Gasteiger partial charge in [0.15, 0.2) is 0 Å². The van der Waals surface area contributed by atoms with E-state index in [4.69, 9.17) is 9.97 Å². The molecule has 12 rings (SSSR count). The summed E-state index contributed by atoms with van der Waals surface area (Å²) in [5.74, 6) is 0.646. The molecule has 2 heterocycles. The first-order valence-electron chi connectivity index (χ1n) is 19.5. The fourth-order valence-corrected chi connectivity index (χ4v) is 9.15. The standard InChI is InChI=1S/C54H33N3/c1-2-14-38-36(13-1)31-48(43-19-7-3-15-39(38)43)34-25-27-35(28-26-34)50-33-51(56-54(55-50)57-52-23-11-9-21-46(52)47-22-10-12-24-53(47)57)37-29-30-45-42-18-5-4-16-40(42)41-17-6-8-20-44(41)49(45)32-37/h1-33H. The minimum absolute atomic E-state index is 0.646. The van der Waals surface area contributed by atoms with Crippen molar-refractivity contribution in [3.8, 4) is 39.6 Å². The molecule has 57 heavy (non-hydrogen) atoms. The van der Waals surface area contributed by atoms with Gasteiger partial charge in [0.2, 0.25) is 5.95 Å². The summed E-state index contributed by atoms with van der Waals surface area (Å²) in [5, 5.41) is 14.9. The Hall–Kier alpha value is -7.62. The molecule has 0 aliphatic heterocycles. The maximum atomic E-state index is 5.40. The number of nitrogens with zero attached hydrogens (tertiary/aromatic N) is 3. The van der Waals surface area contributed by atoms with Crippen LogP contribution in [0.1, 0.15) is 0 Å². The Balaban J connectivity index is 1.08. The molecule has 0 radical (unpaired) electrons. The van der Waals surface area contributed by atoms with Crippen molar-refractivity contribution in [2.75, 3.05) is 0 Å². The van der Waals surface area contributed by atoms with E-state index in [0.29, 0.717) is 5.95 Å². The van der Waals surface area contributed by atoms with Gasteiger partial charge in [-0.15, -0.1) is 0 Å². The van der Waals surface area contributed by atoms with E-state index in [0.717, 1.165) is 33.5 Å². The SMILES string of the molecule is c1ccc2c(c1)cc(-c1ccc(-c3cc(-c4ccc5c6ccccc6c6ccccc6c5c4)nc(-n4c5ccccc5c5ccccc54)n3)cc1)c1ccccc12. The van der Waals surface area contributed by atoms with Gasteiger partial charge in [0.25, 0.3) is 0 Å². The Bertz CT molecular complexity index is 3490. The number of hydrogen-bond donors (Lipinski definition) is 0. The van der Waals surface area contributed by atoms with Gasteiger partial charge in [0.1, 0.15) is 0 Å². The molecule has 0 N–H and O–H groups in total. The highest BCUT2D eigenvalue weighted by Crippen LogP contribution is 2.39. The lowest BCUT2D eigenvalue weighted by Gasteiger charge is -2.14. The van der Waals surface area contributed by atoms with Crippen LogP contribution in [-0.4, -0.2) is 14.5 Å². The van der Waals surface area contributed by atoms with E-state index >= 15 is 0 Å². The first kappa shape index (κ1) is 31.7. The van der Waals surface area contributed by atoms with E-state index in [2.05, 4.69) is 205 Å². The van der Waals surface area contributed by atoms with Crippen LogP contribution < -0.4 is 0 Å². The number of rotatable bonds is 4. The molecular formula is C54H33N3. The van der Waals surface area contributed by atoms with Crippen molar-refractivity contribution in [3.05, 3.63) is 200 Å². The second-order valence-electron chi connectivity index (χ2n) is 14.9. The zero-order valence-corrected chi connectivity index (χ0v) is 30.9. The summed E-state index contributed by atoms with van der Waals surface area (Å²) >= 11 is 0. The monoisotopic (exact) mass is 723 g/mol. The normalized spacial score (nSPS) is 11.9. The molecule has 0 aliphatic carbocycles. The third-order valence-corrected chi connectivity index (χ3v) is 11.8. The maximum Gasteiger partial charge on any atom is 0.235 e. The lowest BCUT2D eigenvalue weighted by Crippen LogP contribution is -2.04. The van der Waals surface area contributed by atoms with Crippen LogP contribution in [0.3, 0.4) is 0 Å². The van der Waals surface area contributed by atoms with E-state index in [9.17, 15) is 0 Å². The highest BCUT2D eigenvalue weighted by atomic mass is 15.2. The fourth-order valence-electron chi connectivity index (χ4n) is 9.15. The van der Waals surface area contributed by atoms with Gasteiger partial charge in [-0.2, -0.15) is 0 Å². The summed E-state index contributed by atoms with van der Waals surface area (Å²) in [5.41, 5.74) is 8.38. The van der Waals surface area contributed by atoms with Crippen molar-refractivity contribution < 1.29 is 0 Å². The van der Waals surface area contributed by atoms with Gasteiger partial charge < -0.3 is 0 Å². The van der Waals surface area contributed by atoms with E-state index < -0.39 is 0 Å². The van der Waals surface area contributed by atoms with Gasteiger partial charge in [-0.3, -0.25) is 4.57 Å². The van der Waals surface area contributed by atoms with Crippen molar-refractivity contribution in [2.24, 2.45) is 0 Å². The van der Waals surface area contributed by atoms with Gasteiger partial charge in [0, 0.05) is 21.9 Å². The number of aromatic nitrogens is 3. The molecule has 264 valence electrons. The van der Waals surface area contributed by atoms with Crippen LogP contribution in [0.25, 0.3) is 115 Å². The van der Waals surface area contributed by atoms with Crippen molar-refractivity contribution in [1.29, 1.82) is 0 Å². The van der Waals surface area contributed by atoms with E-state index in [1.165, 1.54) is 75.8 Å². The van der Waals surface area contributed by atoms with Crippen LogP contribution >= 0.6 is 0 Å². The van der Waals surface area contributed by atoms with Gasteiger partial charge in [-0.1, -0.05) is 170 Å². The van der Waals surface area contributed by atoms with Crippen LogP contribution in [0, 0.1) is 0 Å². The molecule has 0 fully saturated rings. The highest BCUT2D eigenvalue weighted by Gasteiger charge is 2.18. The van der Waals surface area contributed by atoms with E-state index in [-0.39, 0.29) is 0 Å². The van der Waals surface area contributed by atoms with Crippen LogP contribution in [0.4, 0.5) is 0 Å². The molecule has 0 spiro atoms. The van der Waals surface area contributed by atoms with Gasteiger partial charge >= 0.3 is 0 Å². The Labute approximate surface area is 328 Å². The smallest absolute Gasteiger partial charge is 0.235 e. The molecule has 0 saturated heterocycles. The Morgan fingerprint density at radius 3 is 1.32 bits per heavy atom. The van der Waals surface area contributed by atoms with Crippen molar-refractivity contribution >= 4 is 75.7 Å². The number of hydrogen-bond acceptors (Lipinski definition) is 2. The summed E-state index contributed by atoms with van der Waals surface area (Å²) in [6.07, 6.45) is 0. The van der Waals surface area contributed by atoms with Crippen molar-refractivity contribution in [2.45, 2.75) is 0 Å². The first-order valence-corrected chi connectivity index (χ1v) is 19.5. The quantitative estimate of drug-likeness (QED) is 0.169. The Morgan fingerprint density at radius 2 is 0.702 bits per heavy atom. The van der Waals surface area contributed by atoms with Gasteiger partial charge in [0.05, 0.1) is 22.4 Å². The van der Waals surface area contributed by atoms with Crippen LogP contribution in [0.2, 0.25) is 0 Å². The van der Waals surface area contributed by atoms with Crippen molar-refractivity contribution in [3.63, 3.8) is 0 Å². The second kappa shape index (κ2) is 12.5. The van der Waals surface area contributed by atoms with E-state index in [1.54, 1.807) is 0 Å². The van der Waals surface area contributed by atoms with Crippen molar-refractivity contribution in [1.82, 2.24) is 14.5 Å². The second-order valence-corrected chi connectivity index (χ2v) is 14.9. The fraction of sp³-hybridized carbons (Fsp3) is 0. The molecule has 0 bridgehead atoms. The van der Waals surface area contributed by atoms with Gasteiger partial charge in [-0.25, -0.2) is 9.97 Å². The summed E-state index contributed by atoms with van der Waals surface area (Å²) in [6, 6.07) is 72.1. The molecule has 2 aromatic heterocycles.